The summed E-state index contributed by atoms with van der Waals surface area (Å²) >= 11 is 1.32. The van der Waals surface area contributed by atoms with Crippen LogP contribution in [0.15, 0.2) is 69.8 Å². The quantitative estimate of drug-likeness (QED) is 0.669. The molecule has 1 fully saturated rings. The fraction of sp³-hybridized carbons (Fsp3) is 0.238. The summed E-state index contributed by atoms with van der Waals surface area (Å²) < 4.78 is 25.8. The first-order valence-electron chi connectivity index (χ1n) is 9.54. The Morgan fingerprint density at radius 3 is 2.43 bits per heavy atom. The SMILES string of the molecule is CN1CCN(C(=O)Nc2nc(-c3cccc(S(=O)(=O)c4ccccc4)c3)cs2)CC1. The van der Waals surface area contributed by atoms with Gasteiger partial charge >= 0.3 is 6.03 Å². The lowest BCUT2D eigenvalue weighted by Gasteiger charge is -2.32. The molecule has 1 N–H and O–H groups in total. The highest BCUT2D eigenvalue weighted by Gasteiger charge is 2.21. The second-order valence-electron chi connectivity index (χ2n) is 7.10. The van der Waals surface area contributed by atoms with E-state index in [1.54, 1.807) is 53.4 Å². The number of nitrogens with zero attached hydrogens (tertiary/aromatic N) is 3. The Morgan fingerprint density at radius 2 is 1.70 bits per heavy atom. The van der Waals surface area contributed by atoms with E-state index < -0.39 is 9.84 Å². The Morgan fingerprint density at radius 1 is 1.00 bits per heavy atom. The van der Waals surface area contributed by atoms with Crippen LogP contribution in [0.3, 0.4) is 0 Å². The fourth-order valence-electron chi connectivity index (χ4n) is 3.20. The number of anilines is 1. The summed E-state index contributed by atoms with van der Waals surface area (Å²) in [6, 6.07) is 14.9. The zero-order valence-corrected chi connectivity index (χ0v) is 18.1. The summed E-state index contributed by atoms with van der Waals surface area (Å²) in [5.74, 6) is 0. The highest BCUT2D eigenvalue weighted by Crippen LogP contribution is 2.29. The van der Waals surface area contributed by atoms with Gasteiger partial charge in [-0.15, -0.1) is 11.3 Å². The van der Waals surface area contributed by atoms with E-state index in [-0.39, 0.29) is 15.8 Å². The molecular weight excluding hydrogens is 420 g/mol. The van der Waals surface area contributed by atoms with Crippen LogP contribution in [-0.2, 0) is 9.84 Å². The third-order valence-electron chi connectivity index (χ3n) is 5.00. The Kier molecular flexibility index (Phi) is 5.85. The number of sulfone groups is 1. The average Bonchev–Trinajstić information content (AvgIpc) is 3.23. The van der Waals surface area contributed by atoms with E-state index in [1.165, 1.54) is 11.3 Å². The number of hydrogen-bond donors (Lipinski definition) is 1. The maximum Gasteiger partial charge on any atom is 0.323 e. The Labute approximate surface area is 179 Å². The van der Waals surface area contributed by atoms with Crippen LogP contribution in [0.4, 0.5) is 9.93 Å². The molecule has 0 saturated carbocycles. The van der Waals surface area contributed by atoms with Crippen molar-refractivity contribution in [3.63, 3.8) is 0 Å². The van der Waals surface area contributed by atoms with Crippen LogP contribution in [0.25, 0.3) is 11.3 Å². The van der Waals surface area contributed by atoms with Crippen molar-refractivity contribution < 1.29 is 13.2 Å². The number of likely N-dealkylation sites (N-methyl/N-ethyl adjacent to an activating group) is 1. The maximum absolute atomic E-state index is 12.9. The monoisotopic (exact) mass is 442 g/mol. The number of thiazole rings is 1. The lowest BCUT2D eigenvalue weighted by Crippen LogP contribution is -2.48. The molecule has 1 aliphatic heterocycles. The number of hydrogen-bond acceptors (Lipinski definition) is 6. The van der Waals surface area contributed by atoms with E-state index in [1.807, 2.05) is 18.5 Å². The van der Waals surface area contributed by atoms with Gasteiger partial charge in [0.05, 0.1) is 15.5 Å². The summed E-state index contributed by atoms with van der Waals surface area (Å²) in [5, 5.41) is 5.15. The second kappa shape index (κ2) is 8.55. The van der Waals surface area contributed by atoms with Crippen LogP contribution < -0.4 is 5.32 Å². The van der Waals surface area contributed by atoms with Crippen molar-refractivity contribution in [3.05, 3.63) is 60.0 Å². The summed E-state index contributed by atoms with van der Waals surface area (Å²) in [5.41, 5.74) is 1.31. The van der Waals surface area contributed by atoms with Crippen LogP contribution in [0.1, 0.15) is 0 Å². The highest BCUT2D eigenvalue weighted by atomic mass is 32.2. The minimum absolute atomic E-state index is 0.163. The largest absolute Gasteiger partial charge is 0.323 e. The summed E-state index contributed by atoms with van der Waals surface area (Å²) in [6.07, 6.45) is 0. The molecule has 0 spiro atoms. The van der Waals surface area contributed by atoms with E-state index >= 15 is 0 Å². The third-order valence-corrected chi connectivity index (χ3v) is 7.53. The average molecular weight is 443 g/mol. The standard InChI is InChI=1S/C21H22N4O3S2/c1-24-10-12-25(13-11-24)21(26)23-20-22-19(15-29-20)16-6-5-9-18(14-16)30(27,28)17-7-3-2-4-8-17/h2-9,14-15H,10-13H2,1H3,(H,22,23,26). The molecule has 1 saturated heterocycles. The molecular formula is C21H22N4O3S2. The molecule has 2 amide bonds. The predicted molar refractivity (Wildman–Crippen MR) is 118 cm³/mol. The number of rotatable bonds is 4. The van der Waals surface area contributed by atoms with Crippen LogP contribution in [0.2, 0.25) is 0 Å². The zero-order chi connectivity index (χ0) is 21.1. The molecule has 0 unspecified atom stereocenters. The highest BCUT2D eigenvalue weighted by molar-refractivity contribution is 7.91. The number of piperazine rings is 1. The lowest BCUT2D eigenvalue weighted by molar-refractivity contribution is 0.164. The van der Waals surface area contributed by atoms with Gasteiger partial charge in [-0.3, -0.25) is 5.32 Å². The first kappa shape index (κ1) is 20.5. The molecule has 30 heavy (non-hydrogen) atoms. The van der Waals surface area contributed by atoms with Gasteiger partial charge in [-0.2, -0.15) is 0 Å². The molecule has 9 heteroatoms. The minimum Gasteiger partial charge on any atom is -0.322 e. The van der Waals surface area contributed by atoms with Crippen molar-refractivity contribution in [3.8, 4) is 11.3 Å². The Bertz CT molecular complexity index is 1140. The molecule has 1 aliphatic rings. The molecule has 7 nitrogen and oxygen atoms in total. The first-order valence-corrected chi connectivity index (χ1v) is 11.9. The van der Waals surface area contributed by atoms with E-state index in [2.05, 4.69) is 15.2 Å². The van der Waals surface area contributed by atoms with Crippen LogP contribution in [0, 0.1) is 0 Å². The van der Waals surface area contributed by atoms with Gasteiger partial charge in [-0.05, 0) is 31.3 Å². The normalized spacial score (nSPS) is 15.2. The molecule has 1 aromatic heterocycles. The number of carbonyl (C=O) groups is 1. The zero-order valence-electron chi connectivity index (χ0n) is 16.5. The van der Waals surface area contributed by atoms with Gasteiger partial charge in [-0.25, -0.2) is 18.2 Å². The molecule has 2 heterocycles. The fourth-order valence-corrected chi connectivity index (χ4v) is 5.24. The summed E-state index contributed by atoms with van der Waals surface area (Å²) in [6.45, 7) is 3.05. The summed E-state index contributed by atoms with van der Waals surface area (Å²) in [4.78, 5) is 21.3. The topological polar surface area (TPSA) is 82.6 Å². The molecule has 0 aliphatic carbocycles. The van der Waals surface area contributed by atoms with E-state index in [4.69, 9.17) is 0 Å². The minimum atomic E-state index is -3.61. The van der Waals surface area contributed by atoms with Gasteiger partial charge < -0.3 is 9.80 Å². The van der Waals surface area contributed by atoms with Crippen molar-refractivity contribution in [2.24, 2.45) is 0 Å². The number of nitrogens with one attached hydrogen (secondary N) is 1. The van der Waals surface area contributed by atoms with Crippen molar-refractivity contribution >= 4 is 32.3 Å². The maximum atomic E-state index is 12.9. The predicted octanol–water partition coefficient (Wildman–Crippen LogP) is 3.42. The molecule has 2 aromatic carbocycles. The number of carbonyl (C=O) groups excluding carboxylic acids is 1. The van der Waals surface area contributed by atoms with Gasteiger partial charge in [0.2, 0.25) is 9.84 Å². The summed E-state index contributed by atoms with van der Waals surface area (Å²) in [7, 11) is -1.57. The van der Waals surface area contributed by atoms with Crippen molar-refractivity contribution in [1.82, 2.24) is 14.8 Å². The van der Waals surface area contributed by atoms with E-state index in [9.17, 15) is 13.2 Å². The molecule has 0 bridgehead atoms. The van der Waals surface area contributed by atoms with E-state index in [0.29, 0.717) is 29.5 Å². The Balaban J connectivity index is 1.51. The smallest absolute Gasteiger partial charge is 0.322 e. The third kappa shape index (κ3) is 4.38. The molecule has 4 rings (SSSR count). The van der Waals surface area contributed by atoms with Gasteiger partial charge in [0.1, 0.15) is 0 Å². The lowest BCUT2D eigenvalue weighted by atomic mass is 10.2. The molecule has 0 atom stereocenters. The molecule has 156 valence electrons. The van der Waals surface area contributed by atoms with Gasteiger partial charge in [0.25, 0.3) is 0 Å². The number of aromatic nitrogens is 1. The Hall–Kier alpha value is -2.75. The van der Waals surface area contributed by atoms with Crippen LogP contribution in [-0.4, -0.2) is 62.5 Å². The molecule has 3 aromatic rings. The van der Waals surface area contributed by atoms with Crippen molar-refractivity contribution in [1.29, 1.82) is 0 Å². The van der Waals surface area contributed by atoms with Crippen molar-refractivity contribution in [2.45, 2.75) is 9.79 Å². The van der Waals surface area contributed by atoms with Gasteiger partial charge in [-0.1, -0.05) is 30.3 Å². The number of benzene rings is 2. The van der Waals surface area contributed by atoms with Gasteiger partial charge in [0.15, 0.2) is 5.13 Å². The van der Waals surface area contributed by atoms with Crippen LogP contribution in [0.5, 0.6) is 0 Å². The molecule has 0 radical (unpaired) electrons. The first-order chi connectivity index (χ1) is 14.4. The number of urea groups is 1. The second-order valence-corrected chi connectivity index (χ2v) is 9.91. The van der Waals surface area contributed by atoms with Crippen molar-refractivity contribution in [2.75, 3.05) is 38.5 Å². The van der Waals surface area contributed by atoms with Crippen LogP contribution >= 0.6 is 11.3 Å². The van der Waals surface area contributed by atoms with Gasteiger partial charge in [0, 0.05) is 37.1 Å². The number of amides is 2. The van der Waals surface area contributed by atoms with E-state index in [0.717, 1.165) is 13.1 Å².